The van der Waals surface area contributed by atoms with Crippen LogP contribution >= 0.6 is 0 Å². The molecule has 1 aliphatic heterocycles. The number of allylic oxidation sites excluding steroid dienone is 2. The number of nitrogen functional groups attached to an aromatic ring is 1. The van der Waals surface area contributed by atoms with Gasteiger partial charge < -0.3 is 10.6 Å². The van der Waals surface area contributed by atoms with Gasteiger partial charge in [0.25, 0.3) is 0 Å². The Bertz CT molecular complexity index is 876. The van der Waals surface area contributed by atoms with Gasteiger partial charge in [-0.15, -0.1) is 0 Å². The normalized spacial score (nSPS) is 19.4. The Morgan fingerprint density at radius 3 is 2.48 bits per heavy atom. The van der Waals surface area contributed by atoms with Crippen LogP contribution in [0.25, 0.3) is 6.08 Å². The molecular weight excluding hydrogens is 354 g/mol. The molecule has 0 radical (unpaired) electrons. The van der Waals surface area contributed by atoms with E-state index < -0.39 is 0 Å². The molecule has 0 amide bonds. The Morgan fingerprint density at radius 1 is 0.966 bits per heavy atom. The summed E-state index contributed by atoms with van der Waals surface area (Å²) in [6, 6.07) is 15.0. The maximum absolute atomic E-state index is 6.35. The molecule has 1 saturated heterocycles. The average molecular weight is 388 g/mol. The molecule has 1 heterocycles. The molecule has 152 valence electrons. The van der Waals surface area contributed by atoms with Crippen molar-refractivity contribution in [1.82, 2.24) is 4.90 Å². The lowest BCUT2D eigenvalue weighted by molar-refractivity contribution is 0.253. The van der Waals surface area contributed by atoms with Crippen LogP contribution in [0.5, 0.6) is 0 Å². The van der Waals surface area contributed by atoms with E-state index >= 15 is 0 Å². The second-order valence-electron chi connectivity index (χ2n) is 8.39. The van der Waals surface area contributed by atoms with Gasteiger partial charge in [0, 0.05) is 43.5 Å². The van der Waals surface area contributed by atoms with Gasteiger partial charge in [0.15, 0.2) is 0 Å². The predicted octanol–water partition coefficient (Wildman–Crippen LogP) is 5.10. The van der Waals surface area contributed by atoms with Gasteiger partial charge in [0.05, 0.1) is 0 Å². The van der Waals surface area contributed by atoms with Crippen molar-refractivity contribution >= 4 is 17.5 Å². The van der Waals surface area contributed by atoms with E-state index in [0.717, 1.165) is 38.3 Å². The summed E-state index contributed by atoms with van der Waals surface area (Å²) in [5, 5.41) is 0. The van der Waals surface area contributed by atoms with Gasteiger partial charge in [-0.1, -0.05) is 49.9 Å². The Morgan fingerprint density at radius 2 is 1.72 bits per heavy atom. The van der Waals surface area contributed by atoms with Gasteiger partial charge >= 0.3 is 0 Å². The fourth-order valence-corrected chi connectivity index (χ4v) is 4.59. The van der Waals surface area contributed by atoms with Crippen molar-refractivity contribution in [2.24, 2.45) is 0 Å². The zero-order valence-corrected chi connectivity index (χ0v) is 17.6. The molecule has 29 heavy (non-hydrogen) atoms. The topological polar surface area (TPSA) is 32.5 Å². The SMILES string of the molecule is C=C1C=Cc2c(ccc(N)c2CCCCN2CCN(c3ccccc3)CC2)C1C. The van der Waals surface area contributed by atoms with Crippen molar-refractivity contribution in [3.8, 4) is 0 Å². The molecule has 0 aromatic heterocycles. The van der Waals surface area contributed by atoms with E-state index in [1.807, 2.05) is 0 Å². The summed E-state index contributed by atoms with van der Waals surface area (Å²) >= 11 is 0. The van der Waals surface area contributed by atoms with Crippen LogP contribution in [0.3, 0.4) is 0 Å². The van der Waals surface area contributed by atoms with E-state index in [9.17, 15) is 0 Å². The number of rotatable bonds is 6. The Labute approximate surface area is 175 Å². The molecule has 0 saturated carbocycles. The van der Waals surface area contributed by atoms with Gasteiger partial charge in [0.2, 0.25) is 0 Å². The second kappa shape index (κ2) is 8.87. The van der Waals surface area contributed by atoms with E-state index in [0.29, 0.717) is 5.92 Å². The number of fused-ring (bicyclic) bond motifs is 1. The van der Waals surface area contributed by atoms with Gasteiger partial charge in [0.1, 0.15) is 0 Å². The summed E-state index contributed by atoms with van der Waals surface area (Å²) in [5.41, 5.74) is 13.8. The Kier molecular flexibility index (Phi) is 6.05. The molecular formula is C26H33N3. The lowest BCUT2D eigenvalue weighted by Gasteiger charge is -2.36. The number of para-hydroxylation sites is 1. The van der Waals surface area contributed by atoms with Crippen molar-refractivity contribution in [1.29, 1.82) is 0 Å². The molecule has 4 rings (SSSR count). The monoisotopic (exact) mass is 387 g/mol. The van der Waals surface area contributed by atoms with Crippen molar-refractivity contribution in [3.63, 3.8) is 0 Å². The van der Waals surface area contributed by atoms with Gasteiger partial charge in [-0.2, -0.15) is 0 Å². The van der Waals surface area contributed by atoms with E-state index in [2.05, 4.69) is 77.9 Å². The smallest absolute Gasteiger partial charge is 0.0367 e. The van der Waals surface area contributed by atoms with E-state index in [1.54, 1.807) is 0 Å². The maximum atomic E-state index is 6.35. The summed E-state index contributed by atoms with van der Waals surface area (Å²) < 4.78 is 0. The first-order chi connectivity index (χ1) is 14.1. The molecule has 0 bridgehead atoms. The van der Waals surface area contributed by atoms with Crippen molar-refractivity contribution in [2.45, 2.75) is 32.1 Å². The molecule has 1 unspecified atom stereocenters. The fraction of sp³-hybridized carbons (Fsp3) is 0.385. The molecule has 1 aliphatic carbocycles. The van der Waals surface area contributed by atoms with Crippen LogP contribution in [0.15, 0.2) is 60.7 Å². The molecule has 3 nitrogen and oxygen atoms in total. The highest BCUT2D eigenvalue weighted by molar-refractivity contribution is 5.71. The van der Waals surface area contributed by atoms with Crippen LogP contribution in [0.1, 0.15) is 42.4 Å². The van der Waals surface area contributed by atoms with E-state index in [4.69, 9.17) is 5.73 Å². The number of nitrogens with two attached hydrogens (primary N) is 1. The second-order valence-corrected chi connectivity index (χ2v) is 8.39. The third kappa shape index (κ3) is 4.40. The number of unbranched alkanes of at least 4 members (excludes halogenated alkanes) is 1. The summed E-state index contributed by atoms with van der Waals surface area (Å²) in [7, 11) is 0. The summed E-state index contributed by atoms with van der Waals surface area (Å²) in [4.78, 5) is 5.10. The first-order valence-corrected chi connectivity index (χ1v) is 10.9. The number of piperazine rings is 1. The number of nitrogens with zero attached hydrogens (tertiary/aromatic N) is 2. The highest BCUT2D eigenvalue weighted by Crippen LogP contribution is 2.36. The van der Waals surface area contributed by atoms with Crippen LogP contribution in [-0.4, -0.2) is 37.6 Å². The zero-order chi connectivity index (χ0) is 20.2. The summed E-state index contributed by atoms with van der Waals surface area (Å²) in [5.74, 6) is 0.385. The molecule has 1 atom stereocenters. The highest BCUT2D eigenvalue weighted by Gasteiger charge is 2.20. The summed E-state index contributed by atoms with van der Waals surface area (Å²) in [6.45, 7) is 12.1. The third-order valence-electron chi connectivity index (χ3n) is 6.56. The van der Waals surface area contributed by atoms with Crippen LogP contribution in [0.4, 0.5) is 11.4 Å². The third-order valence-corrected chi connectivity index (χ3v) is 6.56. The zero-order valence-electron chi connectivity index (χ0n) is 17.6. The van der Waals surface area contributed by atoms with Gasteiger partial charge in [-0.3, -0.25) is 4.90 Å². The highest BCUT2D eigenvalue weighted by atomic mass is 15.3. The molecule has 1 fully saturated rings. The molecule has 2 aromatic carbocycles. The van der Waals surface area contributed by atoms with E-state index in [-0.39, 0.29) is 0 Å². The number of hydrogen-bond acceptors (Lipinski definition) is 3. The maximum Gasteiger partial charge on any atom is 0.0367 e. The van der Waals surface area contributed by atoms with Gasteiger partial charge in [-0.05, 0) is 66.3 Å². The van der Waals surface area contributed by atoms with Crippen LogP contribution < -0.4 is 10.6 Å². The Hall–Kier alpha value is -2.52. The number of hydrogen-bond donors (Lipinski definition) is 1. The molecule has 3 heteroatoms. The standard InChI is InChI=1S/C26H33N3/c1-20-11-12-24-23(21(20)2)13-14-26(27)25(24)10-6-7-15-28-16-18-29(19-17-28)22-8-4-3-5-9-22/h3-5,8-9,11-14,21H,1,6-7,10,15-19,27H2,2H3. The fourth-order valence-electron chi connectivity index (χ4n) is 4.59. The predicted molar refractivity (Wildman–Crippen MR) is 125 cm³/mol. The van der Waals surface area contributed by atoms with Crippen LogP contribution in [0, 0.1) is 0 Å². The number of benzene rings is 2. The lowest BCUT2D eigenvalue weighted by atomic mass is 9.82. The minimum Gasteiger partial charge on any atom is -0.398 e. The first kappa shape index (κ1) is 19.8. The first-order valence-electron chi connectivity index (χ1n) is 10.9. The minimum absolute atomic E-state index is 0.385. The van der Waals surface area contributed by atoms with Crippen molar-refractivity contribution < 1.29 is 0 Å². The molecule has 0 spiro atoms. The quantitative estimate of drug-likeness (QED) is 0.553. The lowest BCUT2D eigenvalue weighted by Crippen LogP contribution is -2.46. The van der Waals surface area contributed by atoms with Crippen LogP contribution in [-0.2, 0) is 6.42 Å². The number of anilines is 2. The Balaban J connectivity index is 1.27. The van der Waals surface area contributed by atoms with E-state index in [1.165, 1.54) is 47.3 Å². The largest absolute Gasteiger partial charge is 0.398 e. The molecule has 2 aliphatic rings. The molecule has 2 N–H and O–H groups in total. The minimum atomic E-state index is 0.385. The molecule has 2 aromatic rings. The van der Waals surface area contributed by atoms with Crippen molar-refractivity contribution in [3.05, 3.63) is 77.4 Å². The van der Waals surface area contributed by atoms with Gasteiger partial charge in [-0.25, -0.2) is 0 Å². The summed E-state index contributed by atoms with van der Waals surface area (Å²) in [6.07, 6.45) is 7.83. The van der Waals surface area contributed by atoms with Crippen LogP contribution in [0.2, 0.25) is 0 Å². The average Bonchev–Trinajstić information content (AvgIpc) is 2.76. The van der Waals surface area contributed by atoms with Crippen molar-refractivity contribution in [2.75, 3.05) is 43.4 Å².